The minimum Gasteiger partial charge on any atom is -0.397 e. The van der Waals surface area contributed by atoms with Gasteiger partial charge < -0.3 is 5.11 Å². The zero-order valence-corrected chi connectivity index (χ0v) is 11.0. The highest BCUT2D eigenvalue weighted by atomic mass is 32.2. The molecule has 0 bridgehead atoms. The highest BCUT2D eigenvalue weighted by Crippen LogP contribution is 2.19. The van der Waals surface area contributed by atoms with Crippen LogP contribution in [0.3, 0.4) is 0 Å². The molecule has 0 aliphatic carbocycles. The Morgan fingerprint density at radius 3 is 1.39 bits per heavy atom. The Morgan fingerprint density at radius 1 is 0.833 bits per heavy atom. The van der Waals surface area contributed by atoms with E-state index in [0.717, 1.165) is 0 Å². The van der Waals surface area contributed by atoms with Crippen molar-refractivity contribution in [2.24, 2.45) is 0 Å². The first-order chi connectivity index (χ1) is 8.62. The van der Waals surface area contributed by atoms with Crippen molar-refractivity contribution in [3.8, 4) is 0 Å². The summed E-state index contributed by atoms with van der Waals surface area (Å²) in [5, 5.41) is 7.57. The van der Waals surface area contributed by atoms with Gasteiger partial charge in [0.1, 0.15) is 0 Å². The van der Waals surface area contributed by atoms with E-state index in [1.165, 1.54) is 0 Å². The number of rotatable bonds is 2. The first-order valence-electron chi connectivity index (χ1n) is 5.59. The minimum atomic E-state index is -3.34. The molecule has 0 fully saturated rings. The maximum absolute atomic E-state index is 12.0. The molecule has 0 spiro atoms. The highest BCUT2D eigenvalue weighted by molar-refractivity contribution is 7.91. The summed E-state index contributed by atoms with van der Waals surface area (Å²) in [6, 6.07) is 16.9. The lowest BCUT2D eigenvalue weighted by molar-refractivity contribution is 0.318. The van der Waals surface area contributed by atoms with E-state index < -0.39 is 9.84 Å². The maximum Gasteiger partial charge on any atom is 0.206 e. The number of benzene rings is 2. The Morgan fingerprint density at radius 2 is 1.11 bits per heavy atom. The van der Waals surface area contributed by atoms with Crippen LogP contribution in [0, 0.1) is 0 Å². The fraction of sp³-hybridized carbons (Fsp3) is 0.143. The van der Waals surface area contributed by atoms with Gasteiger partial charge in [0.2, 0.25) is 9.84 Å². The molecule has 2 rings (SSSR count). The van der Waals surface area contributed by atoms with Crippen molar-refractivity contribution >= 4 is 9.84 Å². The lowest BCUT2D eigenvalue weighted by Gasteiger charge is -2.03. The van der Waals surface area contributed by atoms with Crippen molar-refractivity contribution in [1.29, 1.82) is 0 Å². The predicted octanol–water partition coefficient (Wildman–Crippen LogP) is 2.52. The monoisotopic (exact) mass is 264 g/mol. The molecular formula is C14H16O3S. The molecule has 0 amide bonds. The van der Waals surface area contributed by atoms with Crippen LogP contribution in [0.15, 0.2) is 70.5 Å². The van der Waals surface area contributed by atoms with Crippen molar-refractivity contribution in [2.75, 3.05) is 6.61 Å². The van der Waals surface area contributed by atoms with Crippen LogP contribution < -0.4 is 0 Å². The summed E-state index contributed by atoms with van der Waals surface area (Å²) in [7, 11) is -3.34. The number of aliphatic hydroxyl groups is 1. The maximum atomic E-state index is 12.0. The summed E-state index contributed by atoms with van der Waals surface area (Å²) >= 11 is 0. The van der Waals surface area contributed by atoms with Crippen LogP contribution in [-0.2, 0) is 9.84 Å². The first-order valence-corrected chi connectivity index (χ1v) is 7.07. The van der Waals surface area contributed by atoms with Gasteiger partial charge >= 0.3 is 0 Å². The van der Waals surface area contributed by atoms with Crippen molar-refractivity contribution in [2.45, 2.75) is 16.7 Å². The van der Waals surface area contributed by atoms with Crippen LogP contribution in [0.5, 0.6) is 0 Å². The summed E-state index contributed by atoms with van der Waals surface area (Å²) < 4.78 is 24.1. The molecule has 3 nitrogen and oxygen atoms in total. The van der Waals surface area contributed by atoms with Gasteiger partial charge in [-0.25, -0.2) is 8.42 Å². The Balaban J connectivity index is 0.000000492. The van der Waals surface area contributed by atoms with Gasteiger partial charge in [0.15, 0.2) is 0 Å². The molecule has 4 heteroatoms. The smallest absolute Gasteiger partial charge is 0.206 e. The van der Waals surface area contributed by atoms with Crippen molar-refractivity contribution in [3.63, 3.8) is 0 Å². The van der Waals surface area contributed by atoms with Gasteiger partial charge in [-0.3, -0.25) is 0 Å². The predicted molar refractivity (Wildman–Crippen MR) is 71.1 cm³/mol. The number of hydrogen-bond acceptors (Lipinski definition) is 3. The Hall–Kier alpha value is -1.65. The number of aliphatic hydroxyl groups excluding tert-OH is 1. The molecule has 0 aliphatic rings. The highest BCUT2D eigenvalue weighted by Gasteiger charge is 2.15. The average molecular weight is 264 g/mol. The second-order valence-electron chi connectivity index (χ2n) is 3.45. The van der Waals surface area contributed by atoms with Crippen molar-refractivity contribution in [1.82, 2.24) is 0 Å². The molecule has 1 N–H and O–H groups in total. The number of hydrogen-bond donors (Lipinski definition) is 1. The summed E-state index contributed by atoms with van der Waals surface area (Å²) in [5.41, 5.74) is 0. The molecule has 18 heavy (non-hydrogen) atoms. The zero-order chi connectivity index (χ0) is 13.4. The molecule has 0 aromatic heterocycles. The lowest BCUT2D eigenvalue weighted by atomic mass is 10.4. The largest absolute Gasteiger partial charge is 0.397 e. The Labute approximate surface area is 108 Å². The lowest BCUT2D eigenvalue weighted by Crippen LogP contribution is -2.00. The molecule has 2 aromatic rings. The molecular weight excluding hydrogens is 248 g/mol. The Kier molecular flexibility index (Phi) is 5.55. The van der Waals surface area contributed by atoms with Gasteiger partial charge in [0.05, 0.1) is 9.79 Å². The molecule has 0 atom stereocenters. The fourth-order valence-electron chi connectivity index (χ4n) is 1.34. The third-order valence-electron chi connectivity index (χ3n) is 2.11. The quantitative estimate of drug-likeness (QED) is 0.906. The van der Waals surface area contributed by atoms with E-state index in [9.17, 15) is 8.42 Å². The van der Waals surface area contributed by atoms with Crippen LogP contribution in [0.4, 0.5) is 0 Å². The van der Waals surface area contributed by atoms with Gasteiger partial charge in [-0.1, -0.05) is 36.4 Å². The Bertz CT molecular complexity index is 503. The van der Waals surface area contributed by atoms with E-state index in [2.05, 4.69) is 0 Å². The van der Waals surface area contributed by atoms with E-state index in [1.54, 1.807) is 67.6 Å². The standard InChI is InChI=1S/C12H10O2S.C2H6O/c13-15(14,11-7-3-1-4-8-11)12-9-5-2-6-10-12;1-2-3/h1-10H;3H,2H2,1H3. The van der Waals surface area contributed by atoms with Gasteiger partial charge in [-0.15, -0.1) is 0 Å². The van der Waals surface area contributed by atoms with Crippen LogP contribution in [-0.4, -0.2) is 20.1 Å². The van der Waals surface area contributed by atoms with Crippen LogP contribution in [0.1, 0.15) is 6.92 Å². The van der Waals surface area contributed by atoms with Crippen LogP contribution >= 0.6 is 0 Å². The van der Waals surface area contributed by atoms with E-state index in [1.807, 2.05) is 0 Å². The minimum absolute atomic E-state index is 0.250. The van der Waals surface area contributed by atoms with Gasteiger partial charge in [-0.2, -0.15) is 0 Å². The first kappa shape index (κ1) is 14.4. The van der Waals surface area contributed by atoms with Crippen LogP contribution in [0.25, 0.3) is 0 Å². The second-order valence-corrected chi connectivity index (χ2v) is 5.40. The molecule has 0 unspecified atom stereocenters. The van der Waals surface area contributed by atoms with Crippen LogP contribution in [0.2, 0.25) is 0 Å². The third-order valence-corrected chi connectivity index (χ3v) is 3.89. The normalized spacial score (nSPS) is 10.3. The molecule has 2 aromatic carbocycles. The van der Waals surface area contributed by atoms with Gasteiger partial charge in [0.25, 0.3) is 0 Å². The van der Waals surface area contributed by atoms with E-state index in [4.69, 9.17) is 5.11 Å². The summed E-state index contributed by atoms with van der Waals surface area (Å²) in [6.45, 7) is 1.93. The zero-order valence-electron chi connectivity index (χ0n) is 10.2. The topological polar surface area (TPSA) is 54.4 Å². The molecule has 0 saturated carbocycles. The average Bonchev–Trinajstić information content (AvgIpc) is 2.42. The van der Waals surface area contributed by atoms with Crippen molar-refractivity contribution in [3.05, 3.63) is 60.7 Å². The molecule has 0 saturated heterocycles. The summed E-state index contributed by atoms with van der Waals surface area (Å²) in [4.78, 5) is 0.660. The summed E-state index contributed by atoms with van der Waals surface area (Å²) in [6.07, 6.45) is 0. The SMILES string of the molecule is CCO.O=S(=O)(c1ccccc1)c1ccccc1. The number of sulfone groups is 1. The van der Waals surface area contributed by atoms with Gasteiger partial charge in [-0.05, 0) is 31.2 Å². The molecule has 0 radical (unpaired) electrons. The third kappa shape index (κ3) is 3.68. The van der Waals surface area contributed by atoms with Gasteiger partial charge in [0, 0.05) is 6.61 Å². The fourth-order valence-corrected chi connectivity index (χ4v) is 2.64. The van der Waals surface area contributed by atoms with E-state index in [-0.39, 0.29) is 6.61 Å². The second kappa shape index (κ2) is 6.93. The van der Waals surface area contributed by atoms with E-state index >= 15 is 0 Å². The molecule has 0 aliphatic heterocycles. The van der Waals surface area contributed by atoms with E-state index in [0.29, 0.717) is 9.79 Å². The molecule has 96 valence electrons. The summed E-state index contributed by atoms with van der Waals surface area (Å²) in [5.74, 6) is 0. The van der Waals surface area contributed by atoms with Crippen molar-refractivity contribution < 1.29 is 13.5 Å². The molecule has 0 heterocycles.